The molecule has 0 heterocycles. The maximum absolute atomic E-state index is 12.0. The van der Waals surface area contributed by atoms with Crippen molar-refractivity contribution in [2.24, 2.45) is 0 Å². The minimum atomic E-state index is -0.517. The third kappa shape index (κ3) is 3.22. The molecule has 0 unspecified atom stereocenters. The summed E-state index contributed by atoms with van der Waals surface area (Å²) in [5.41, 5.74) is 7.21. The first kappa shape index (κ1) is 14.2. The van der Waals surface area contributed by atoms with E-state index in [-0.39, 0.29) is 17.2 Å². The average Bonchev–Trinajstić information content (AvgIpc) is 2.46. The van der Waals surface area contributed by atoms with Crippen LogP contribution in [-0.4, -0.2) is 13.1 Å². The van der Waals surface area contributed by atoms with E-state index in [0.29, 0.717) is 11.4 Å². The molecule has 0 bridgehead atoms. The first-order valence-electron chi connectivity index (χ1n) is 5.96. The van der Waals surface area contributed by atoms with Crippen LogP contribution in [0.25, 0.3) is 0 Å². The monoisotopic (exact) mass is 291 g/mol. The van der Waals surface area contributed by atoms with Gasteiger partial charge in [0.15, 0.2) is 0 Å². The molecule has 0 atom stereocenters. The van der Waals surface area contributed by atoms with Crippen molar-refractivity contribution in [1.82, 2.24) is 0 Å². The number of benzene rings is 2. The number of hydrogen-bond donors (Lipinski definition) is 1. The van der Waals surface area contributed by atoms with Gasteiger partial charge in [-0.05, 0) is 17.7 Å². The summed E-state index contributed by atoms with van der Waals surface area (Å²) in [6, 6.07) is 12.3. The fourth-order valence-electron chi connectivity index (χ4n) is 1.70. The zero-order chi connectivity index (χ0) is 14.5. The summed E-state index contributed by atoms with van der Waals surface area (Å²) in [4.78, 5) is 12.0. The van der Waals surface area contributed by atoms with Gasteiger partial charge in [-0.3, -0.25) is 0 Å². The first-order valence-corrected chi connectivity index (χ1v) is 6.33. The quantitative estimate of drug-likeness (QED) is 0.693. The standard InChI is InChI=1S/C15H14ClNO3/c1-19-14-7-11(12(16)8-13(14)17)15(18)20-9-10-5-3-2-4-6-10/h2-8H,9,17H2,1H3. The van der Waals surface area contributed by atoms with Gasteiger partial charge in [0.05, 0.1) is 23.4 Å². The Morgan fingerprint density at radius 1 is 1.25 bits per heavy atom. The fraction of sp³-hybridized carbons (Fsp3) is 0.133. The van der Waals surface area contributed by atoms with E-state index in [1.165, 1.54) is 19.2 Å². The molecule has 5 heteroatoms. The summed E-state index contributed by atoms with van der Waals surface area (Å²) in [7, 11) is 1.47. The summed E-state index contributed by atoms with van der Waals surface area (Å²) >= 11 is 6.00. The van der Waals surface area contributed by atoms with Gasteiger partial charge in [-0.1, -0.05) is 41.9 Å². The number of nitrogen functional groups attached to an aromatic ring is 1. The molecular weight excluding hydrogens is 278 g/mol. The number of ether oxygens (including phenoxy) is 2. The van der Waals surface area contributed by atoms with Gasteiger partial charge in [0, 0.05) is 0 Å². The number of carbonyl (C=O) groups is 1. The van der Waals surface area contributed by atoms with E-state index < -0.39 is 5.97 Å². The van der Waals surface area contributed by atoms with Gasteiger partial charge in [-0.25, -0.2) is 4.79 Å². The van der Waals surface area contributed by atoms with Crippen LogP contribution in [0.3, 0.4) is 0 Å². The maximum Gasteiger partial charge on any atom is 0.340 e. The lowest BCUT2D eigenvalue weighted by Gasteiger charge is -2.10. The van der Waals surface area contributed by atoms with Crippen molar-refractivity contribution in [1.29, 1.82) is 0 Å². The summed E-state index contributed by atoms with van der Waals surface area (Å²) in [5, 5.41) is 0.237. The van der Waals surface area contributed by atoms with Crippen LogP contribution in [0.4, 0.5) is 5.69 Å². The number of methoxy groups -OCH3 is 1. The van der Waals surface area contributed by atoms with Crippen molar-refractivity contribution in [3.05, 3.63) is 58.6 Å². The van der Waals surface area contributed by atoms with Crippen LogP contribution in [-0.2, 0) is 11.3 Å². The largest absolute Gasteiger partial charge is 0.495 e. The highest BCUT2D eigenvalue weighted by atomic mass is 35.5. The van der Waals surface area contributed by atoms with Crippen molar-refractivity contribution >= 4 is 23.3 Å². The highest BCUT2D eigenvalue weighted by Crippen LogP contribution is 2.29. The van der Waals surface area contributed by atoms with E-state index >= 15 is 0 Å². The number of esters is 1. The molecule has 0 saturated heterocycles. The molecule has 2 rings (SSSR count). The van der Waals surface area contributed by atoms with Crippen molar-refractivity contribution in [3.63, 3.8) is 0 Å². The van der Waals surface area contributed by atoms with Crippen molar-refractivity contribution in [2.45, 2.75) is 6.61 Å². The van der Waals surface area contributed by atoms with E-state index in [2.05, 4.69) is 0 Å². The molecule has 0 radical (unpaired) electrons. The average molecular weight is 292 g/mol. The third-order valence-electron chi connectivity index (χ3n) is 2.75. The second-order valence-corrected chi connectivity index (χ2v) is 4.54. The number of nitrogens with two attached hydrogens (primary N) is 1. The summed E-state index contributed by atoms with van der Waals surface area (Å²) in [5.74, 6) is -0.127. The predicted octanol–water partition coefficient (Wildman–Crippen LogP) is 3.29. The Morgan fingerprint density at radius 3 is 2.60 bits per heavy atom. The second kappa shape index (κ2) is 6.30. The molecule has 0 aromatic heterocycles. The zero-order valence-corrected chi connectivity index (χ0v) is 11.7. The number of anilines is 1. The van der Waals surface area contributed by atoms with E-state index in [0.717, 1.165) is 5.56 Å². The molecule has 104 valence electrons. The Kier molecular flexibility index (Phi) is 4.48. The van der Waals surface area contributed by atoms with E-state index in [9.17, 15) is 4.79 Å². The molecule has 2 N–H and O–H groups in total. The van der Waals surface area contributed by atoms with Crippen LogP contribution in [0, 0.1) is 0 Å². The molecule has 4 nitrogen and oxygen atoms in total. The number of hydrogen-bond acceptors (Lipinski definition) is 4. The highest BCUT2D eigenvalue weighted by molar-refractivity contribution is 6.34. The summed E-state index contributed by atoms with van der Waals surface area (Å²) < 4.78 is 10.3. The minimum absolute atomic E-state index is 0.183. The molecule has 0 aliphatic carbocycles. The van der Waals surface area contributed by atoms with Crippen molar-refractivity contribution in [3.8, 4) is 5.75 Å². The van der Waals surface area contributed by atoms with E-state index in [4.69, 9.17) is 26.8 Å². The molecule has 20 heavy (non-hydrogen) atoms. The van der Waals surface area contributed by atoms with Crippen LogP contribution in [0.2, 0.25) is 5.02 Å². The Hall–Kier alpha value is -2.20. The smallest absolute Gasteiger partial charge is 0.340 e. The molecular formula is C15H14ClNO3. The van der Waals surface area contributed by atoms with Crippen LogP contribution in [0.1, 0.15) is 15.9 Å². The first-order chi connectivity index (χ1) is 9.61. The van der Waals surface area contributed by atoms with Gasteiger partial charge in [-0.2, -0.15) is 0 Å². The van der Waals surface area contributed by atoms with Gasteiger partial charge < -0.3 is 15.2 Å². The Bertz CT molecular complexity index is 614. The Morgan fingerprint density at radius 2 is 1.95 bits per heavy atom. The molecule has 0 amide bonds. The molecule has 0 saturated carbocycles. The summed E-state index contributed by atoms with van der Waals surface area (Å²) in [6.45, 7) is 0.183. The van der Waals surface area contributed by atoms with Crippen LogP contribution >= 0.6 is 11.6 Å². The van der Waals surface area contributed by atoms with Crippen LogP contribution in [0.15, 0.2) is 42.5 Å². The lowest BCUT2D eigenvalue weighted by molar-refractivity contribution is 0.0472. The maximum atomic E-state index is 12.0. The lowest BCUT2D eigenvalue weighted by Crippen LogP contribution is -2.07. The van der Waals surface area contributed by atoms with E-state index in [1.807, 2.05) is 30.3 Å². The van der Waals surface area contributed by atoms with Crippen molar-refractivity contribution in [2.75, 3.05) is 12.8 Å². The third-order valence-corrected chi connectivity index (χ3v) is 3.06. The lowest BCUT2D eigenvalue weighted by atomic mass is 10.2. The van der Waals surface area contributed by atoms with Gasteiger partial charge in [0.1, 0.15) is 12.4 Å². The Labute approximate surface area is 122 Å². The molecule has 0 spiro atoms. The highest BCUT2D eigenvalue weighted by Gasteiger charge is 2.15. The van der Waals surface area contributed by atoms with Gasteiger partial charge >= 0.3 is 5.97 Å². The topological polar surface area (TPSA) is 61.5 Å². The molecule has 0 fully saturated rings. The summed E-state index contributed by atoms with van der Waals surface area (Å²) in [6.07, 6.45) is 0. The molecule has 2 aromatic carbocycles. The number of carbonyl (C=O) groups excluding carboxylic acids is 1. The van der Waals surface area contributed by atoms with Gasteiger partial charge in [0.2, 0.25) is 0 Å². The second-order valence-electron chi connectivity index (χ2n) is 4.14. The van der Waals surface area contributed by atoms with Crippen LogP contribution < -0.4 is 10.5 Å². The number of halogens is 1. The van der Waals surface area contributed by atoms with Gasteiger partial charge in [-0.15, -0.1) is 0 Å². The Balaban J connectivity index is 2.13. The van der Waals surface area contributed by atoms with E-state index in [1.54, 1.807) is 0 Å². The minimum Gasteiger partial charge on any atom is -0.495 e. The normalized spacial score (nSPS) is 10.1. The molecule has 2 aromatic rings. The number of rotatable bonds is 4. The van der Waals surface area contributed by atoms with Crippen LogP contribution in [0.5, 0.6) is 5.75 Å². The van der Waals surface area contributed by atoms with Gasteiger partial charge in [0.25, 0.3) is 0 Å². The zero-order valence-electron chi connectivity index (χ0n) is 10.9. The SMILES string of the molecule is COc1cc(C(=O)OCc2ccccc2)c(Cl)cc1N. The predicted molar refractivity (Wildman–Crippen MR) is 78.0 cm³/mol. The molecule has 0 aliphatic rings. The van der Waals surface area contributed by atoms with Crippen molar-refractivity contribution < 1.29 is 14.3 Å². The molecule has 0 aliphatic heterocycles. The fourth-order valence-corrected chi connectivity index (χ4v) is 1.95.